The van der Waals surface area contributed by atoms with E-state index >= 15 is 0 Å². The molecule has 0 bridgehead atoms. The van der Waals surface area contributed by atoms with Crippen LogP contribution >= 0.6 is 11.3 Å². The number of aliphatic hydroxyl groups is 1. The van der Waals surface area contributed by atoms with Gasteiger partial charge in [-0.3, -0.25) is 0 Å². The van der Waals surface area contributed by atoms with Crippen LogP contribution in [0, 0.1) is 10.1 Å². The molecular weight excluding hydrogens is 244 g/mol. The lowest BCUT2D eigenvalue weighted by atomic mass is 10.2. The monoisotopic (exact) mass is 256 g/mol. The number of nitro groups is 1. The van der Waals surface area contributed by atoms with Gasteiger partial charge in [-0.2, -0.15) is 9.38 Å². The van der Waals surface area contributed by atoms with Crippen molar-refractivity contribution < 1.29 is 10.0 Å². The second-order valence-electron chi connectivity index (χ2n) is 3.53. The Morgan fingerprint density at radius 3 is 3.12 bits per heavy atom. The normalized spacial score (nSPS) is 12.8. The molecule has 2 N–H and O–H groups in total. The molecule has 92 valence electrons. The smallest absolute Gasteiger partial charge is 0.372 e. The molecule has 0 spiro atoms. The zero-order valence-electron chi connectivity index (χ0n) is 9.16. The molecule has 0 aliphatic heterocycles. The maximum absolute atomic E-state index is 11.0. The van der Waals surface area contributed by atoms with Crippen molar-refractivity contribution in [3.05, 3.63) is 21.7 Å². The van der Waals surface area contributed by atoms with Gasteiger partial charge in [-0.25, -0.2) is 0 Å². The van der Waals surface area contributed by atoms with Crippen LogP contribution in [-0.2, 0) is 0 Å². The number of hydrogen-bond acceptors (Lipinski definition) is 6. The van der Waals surface area contributed by atoms with Gasteiger partial charge in [0.25, 0.3) is 4.96 Å². The lowest BCUT2D eigenvalue weighted by Crippen LogP contribution is -2.23. The molecule has 17 heavy (non-hydrogen) atoms. The average molecular weight is 256 g/mol. The van der Waals surface area contributed by atoms with E-state index in [0.29, 0.717) is 11.4 Å². The van der Waals surface area contributed by atoms with Crippen LogP contribution < -0.4 is 5.32 Å². The van der Waals surface area contributed by atoms with Crippen molar-refractivity contribution in [3.8, 4) is 0 Å². The zero-order chi connectivity index (χ0) is 12.4. The van der Waals surface area contributed by atoms with Crippen molar-refractivity contribution in [2.24, 2.45) is 0 Å². The molecule has 0 radical (unpaired) electrons. The second kappa shape index (κ2) is 4.68. The van der Waals surface area contributed by atoms with Crippen LogP contribution in [0.5, 0.6) is 0 Å². The summed E-state index contributed by atoms with van der Waals surface area (Å²) in [7, 11) is 0. The Kier molecular flexibility index (Phi) is 3.25. The molecule has 0 aromatic carbocycles. The van der Waals surface area contributed by atoms with Crippen molar-refractivity contribution in [2.75, 3.05) is 11.9 Å². The van der Waals surface area contributed by atoms with Crippen LogP contribution in [-0.4, -0.2) is 32.1 Å². The number of rotatable bonds is 5. The molecule has 1 atom stereocenters. The Bertz CT molecular complexity index is 531. The minimum atomic E-state index is -0.473. The first-order valence-electron chi connectivity index (χ1n) is 5.14. The van der Waals surface area contributed by atoms with Gasteiger partial charge in [0, 0.05) is 5.38 Å². The lowest BCUT2D eigenvalue weighted by molar-refractivity contribution is -0.389. The second-order valence-corrected chi connectivity index (χ2v) is 4.40. The maximum atomic E-state index is 11.0. The van der Waals surface area contributed by atoms with Crippen LogP contribution in [0.25, 0.3) is 4.96 Å². The lowest BCUT2D eigenvalue weighted by Gasteiger charge is -2.12. The summed E-state index contributed by atoms with van der Waals surface area (Å²) in [5.74, 6) is 0.121. The molecule has 2 aromatic heterocycles. The largest absolute Gasteiger partial charge is 0.394 e. The number of fused-ring (bicyclic) bond motifs is 1. The molecule has 0 fully saturated rings. The third-order valence-corrected chi connectivity index (χ3v) is 3.22. The Balaban J connectivity index is 2.41. The van der Waals surface area contributed by atoms with E-state index in [2.05, 4.69) is 10.3 Å². The topological polar surface area (TPSA) is 92.7 Å². The number of nitrogens with one attached hydrogen (secondary N) is 1. The molecular formula is C9H12N4O3S. The summed E-state index contributed by atoms with van der Waals surface area (Å²) in [4.78, 5) is 15.2. The number of aromatic nitrogens is 2. The number of hydrogen-bond donors (Lipinski definition) is 2. The third-order valence-electron chi connectivity index (χ3n) is 2.46. The molecule has 2 rings (SSSR count). The summed E-state index contributed by atoms with van der Waals surface area (Å²) >= 11 is 1.33. The number of anilines is 1. The van der Waals surface area contributed by atoms with Crippen molar-refractivity contribution in [2.45, 2.75) is 19.4 Å². The summed E-state index contributed by atoms with van der Waals surface area (Å²) in [5.41, 5.74) is 0. The van der Waals surface area contributed by atoms with Crippen LogP contribution in [0.4, 0.5) is 11.6 Å². The SMILES string of the molecule is CC[C@@H](CO)Nc1nc2sccn2c1[N+](=O)[O-]. The molecule has 8 heteroatoms. The average Bonchev–Trinajstić information content (AvgIpc) is 2.84. The third kappa shape index (κ3) is 2.08. The van der Waals surface area contributed by atoms with Gasteiger partial charge in [0.2, 0.25) is 5.82 Å². The van der Waals surface area contributed by atoms with Gasteiger partial charge in [-0.1, -0.05) is 18.3 Å². The van der Waals surface area contributed by atoms with E-state index in [9.17, 15) is 10.1 Å². The first kappa shape index (κ1) is 11.8. The first-order chi connectivity index (χ1) is 8.17. The molecule has 2 aromatic rings. The Morgan fingerprint density at radius 2 is 2.53 bits per heavy atom. The summed E-state index contributed by atoms with van der Waals surface area (Å²) in [6, 6.07) is -0.224. The summed E-state index contributed by atoms with van der Waals surface area (Å²) in [6.45, 7) is 1.80. The van der Waals surface area contributed by atoms with Crippen molar-refractivity contribution >= 4 is 27.9 Å². The van der Waals surface area contributed by atoms with E-state index < -0.39 is 4.92 Å². The van der Waals surface area contributed by atoms with E-state index in [1.54, 1.807) is 11.6 Å². The van der Waals surface area contributed by atoms with E-state index in [1.807, 2.05) is 6.92 Å². The molecule has 0 saturated heterocycles. The molecule has 0 amide bonds. The molecule has 0 aliphatic rings. The van der Waals surface area contributed by atoms with Crippen LogP contribution in [0.3, 0.4) is 0 Å². The van der Waals surface area contributed by atoms with Crippen LogP contribution in [0.1, 0.15) is 13.3 Å². The number of nitrogens with zero attached hydrogens (tertiary/aromatic N) is 3. The molecule has 2 heterocycles. The predicted molar refractivity (Wildman–Crippen MR) is 64.5 cm³/mol. The van der Waals surface area contributed by atoms with E-state index in [1.165, 1.54) is 15.7 Å². The van der Waals surface area contributed by atoms with E-state index in [0.717, 1.165) is 0 Å². The highest BCUT2D eigenvalue weighted by atomic mass is 32.1. The minimum absolute atomic E-state index is 0.0845. The van der Waals surface area contributed by atoms with Gasteiger partial charge in [0.1, 0.15) is 6.20 Å². The fourth-order valence-electron chi connectivity index (χ4n) is 1.52. The van der Waals surface area contributed by atoms with Crippen molar-refractivity contribution in [3.63, 3.8) is 0 Å². The molecule has 0 saturated carbocycles. The van der Waals surface area contributed by atoms with Crippen molar-refractivity contribution in [1.29, 1.82) is 0 Å². The van der Waals surface area contributed by atoms with Crippen molar-refractivity contribution in [1.82, 2.24) is 9.38 Å². The Labute approximate surface area is 101 Å². The highest BCUT2D eigenvalue weighted by Gasteiger charge is 2.24. The highest BCUT2D eigenvalue weighted by molar-refractivity contribution is 7.15. The highest BCUT2D eigenvalue weighted by Crippen LogP contribution is 2.28. The van der Waals surface area contributed by atoms with Gasteiger partial charge in [0.15, 0.2) is 0 Å². The number of aliphatic hydroxyl groups excluding tert-OH is 1. The van der Waals surface area contributed by atoms with Crippen LogP contribution in [0.2, 0.25) is 0 Å². The molecule has 7 nitrogen and oxygen atoms in total. The summed E-state index contributed by atoms with van der Waals surface area (Å²) in [6.07, 6.45) is 2.27. The molecule has 0 unspecified atom stereocenters. The Hall–Kier alpha value is -1.67. The summed E-state index contributed by atoms with van der Waals surface area (Å²) in [5, 5.41) is 24.7. The quantitative estimate of drug-likeness (QED) is 0.624. The van der Waals surface area contributed by atoms with Gasteiger partial charge in [-0.05, 0) is 11.3 Å². The standard InChI is InChI=1S/C9H12N4O3S/c1-2-6(5-14)10-7-8(13(15)16)12-3-4-17-9(12)11-7/h3-4,6,10,14H,2,5H2,1H3/t6-/m0/s1. The van der Waals surface area contributed by atoms with E-state index in [4.69, 9.17) is 5.11 Å². The number of imidazole rings is 1. The van der Waals surface area contributed by atoms with Gasteiger partial charge < -0.3 is 20.5 Å². The predicted octanol–water partition coefficient (Wildman–Crippen LogP) is 1.49. The fraction of sp³-hybridized carbons (Fsp3) is 0.444. The zero-order valence-corrected chi connectivity index (χ0v) is 9.98. The minimum Gasteiger partial charge on any atom is -0.394 e. The van der Waals surface area contributed by atoms with E-state index in [-0.39, 0.29) is 24.3 Å². The van der Waals surface area contributed by atoms with Gasteiger partial charge in [0.05, 0.1) is 12.6 Å². The number of thiazole rings is 1. The van der Waals surface area contributed by atoms with Gasteiger partial charge >= 0.3 is 5.82 Å². The van der Waals surface area contributed by atoms with Crippen LogP contribution in [0.15, 0.2) is 11.6 Å². The molecule has 0 aliphatic carbocycles. The maximum Gasteiger partial charge on any atom is 0.372 e. The Morgan fingerprint density at radius 1 is 1.76 bits per heavy atom. The first-order valence-corrected chi connectivity index (χ1v) is 6.02. The summed E-state index contributed by atoms with van der Waals surface area (Å²) < 4.78 is 1.43. The van der Waals surface area contributed by atoms with Gasteiger partial charge in [-0.15, -0.1) is 0 Å². The fourth-order valence-corrected chi connectivity index (χ4v) is 2.22.